The molecular formula is C17H20BrNO. The van der Waals surface area contributed by atoms with Crippen LogP contribution in [0.4, 0.5) is 0 Å². The van der Waals surface area contributed by atoms with E-state index in [4.69, 9.17) is 4.74 Å². The summed E-state index contributed by atoms with van der Waals surface area (Å²) in [5.74, 6) is 0.945. The summed E-state index contributed by atoms with van der Waals surface area (Å²) in [6.45, 7) is 3.03. The first-order chi connectivity index (χ1) is 9.74. The van der Waals surface area contributed by atoms with Crippen LogP contribution in [0.25, 0.3) is 0 Å². The van der Waals surface area contributed by atoms with Gasteiger partial charge in [-0.3, -0.25) is 0 Å². The maximum Gasteiger partial charge on any atom is 0.123 e. The first-order valence-corrected chi connectivity index (χ1v) is 7.64. The molecule has 3 heteroatoms. The van der Waals surface area contributed by atoms with Gasteiger partial charge in [0.2, 0.25) is 0 Å². The molecule has 0 bridgehead atoms. The topological polar surface area (TPSA) is 21.3 Å². The van der Waals surface area contributed by atoms with Crippen molar-refractivity contribution in [2.75, 3.05) is 7.11 Å². The molecule has 2 aromatic carbocycles. The minimum atomic E-state index is 0.296. The van der Waals surface area contributed by atoms with E-state index in [1.165, 1.54) is 11.1 Å². The van der Waals surface area contributed by atoms with E-state index >= 15 is 0 Å². The molecular weight excluding hydrogens is 314 g/mol. The molecule has 0 aliphatic rings. The van der Waals surface area contributed by atoms with Crippen LogP contribution in [0.5, 0.6) is 5.75 Å². The van der Waals surface area contributed by atoms with Crippen molar-refractivity contribution in [2.45, 2.75) is 25.9 Å². The fraction of sp³-hybridized carbons (Fsp3) is 0.294. The fourth-order valence-corrected chi connectivity index (χ4v) is 2.76. The van der Waals surface area contributed by atoms with Gasteiger partial charge in [0, 0.05) is 22.6 Å². The quantitative estimate of drug-likeness (QED) is 0.827. The van der Waals surface area contributed by atoms with E-state index in [9.17, 15) is 0 Å². The second kappa shape index (κ2) is 7.46. The van der Waals surface area contributed by atoms with Crippen molar-refractivity contribution in [2.24, 2.45) is 0 Å². The molecule has 0 aliphatic carbocycles. The van der Waals surface area contributed by atoms with Crippen molar-refractivity contribution >= 4 is 15.9 Å². The summed E-state index contributed by atoms with van der Waals surface area (Å²) in [7, 11) is 1.72. The molecule has 0 saturated heterocycles. The van der Waals surface area contributed by atoms with E-state index in [2.05, 4.69) is 58.5 Å². The zero-order chi connectivity index (χ0) is 14.4. The van der Waals surface area contributed by atoms with Crippen LogP contribution in [-0.2, 0) is 6.54 Å². The molecule has 20 heavy (non-hydrogen) atoms. The Morgan fingerprint density at radius 1 is 1.15 bits per heavy atom. The zero-order valence-corrected chi connectivity index (χ0v) is 13.5. The van der Waals surface area contributed by atoms with Gasteiger partial charge in [-0.15, -0.1) is 0 Å². The van der Waals surface area contributed by atoms with Gasteiger partial charge in [-0.2, -0.15) is 0 Å². The smallest absolute Gasteiger partial charge is 0.123 e. The van der Waals surface area contributed by atoms with Crippen molar-refractivity contribution in [3.05, 3.63) is 64.1 Å². The van der Waals surface area contributed by atoms with E-state index < -0.39 is 0 Å². The third kappa shape index (κ3) is 3.84. The molecule has 0 amide bonds. The van der Waals surface area contributed by atoms with Crippen LogP contribution in [0.15, 0.2) is 53.0 Å². The molecule has 0 aliphatic heterocycles. The molecule has 0 heterocycles. The molecule has 2 nitrogen and oxygen atoms in total. The molecule has 1 unspecified atom stereocenters. The standard InChI is InChI=1S/C17H20BrNO/c1-3-16(15-9-4-5-10-17(15)20-2)19-12-13-7-6-8-14(18)11-13/h4-11,16,19H,3,12H2,1-2H3. The Bertz CT molecular complexity index is 556. The number of nitrogens with one attached hydrogen (secondary N) is 1. The highest BCUT2D eigenvalue weighted by Crippen LogP contribution is 2.27. The minimum Gasteiger partial charge on any atom is -0.496 e. The summed E-state index contributed by atoms with van der Waals surface area (Å²) in [4.78, 5) is 0. The van der Waals surface area contributed by atoms with Gasteiger partial charge in [0.1, 0.15) is 5.75 Å². The molecule has 2 rings (SSSR count). The first-order valence-electron chi connectivity index (χ1n) is 6.85. The molecule has 0 fully saturated rings. The van der Waals surface area contributed by atoms with Gasteiger partial charge in [-0.05, 0) is 30.2 Å². The normalized spacial score (nSPS) is 12.2. The minimum absolute atomic E-state index is 0.296. The highest BCUT2D eigenvalue weighted by atomic mass is 79.9. The number of benzene rings is 2. The Labute approximate surface area is 129 Å². The van der Waals surface area contributed by atoms with Gasteiger partial charge in [-0.1, -0.05) is 53.2 Å². The highest BCUT2D eigenvalue weighted by molar-refractivity contribution is 9.10. The third-order valence-corrected chi connectivity index (χ3v) is 3.86. The summed E-state index contributed by atoms with van der Waals surface area (Å²) >= 11 is 3.51. The van der Waals surface area contributed by atoms with E-state index in [1.54, 1.807) is 7.11 Å². The molecule has 0 aromatic heterocycles. The monoisotopic (exact) mass is 333 g/mol. The van der Waals surface area contributed by atoms with Crippen LogP contribution < -0.4 is 10.1 Å². The number of hydrogen-bond acceptors (Lipinski definition) is 2. The van der Waals surface area contributed by atoms with Gasteiger partial charge in [0.05, 0.1) is 7.11 Å². The predicted molar refractivity (Wildman–Crippen MR) is 87.0 cm³/mol. The Morgan fingerprint density at radius 2 is 1.95 bits per heavy atom. The average Bonchev–Trinajstić information content (AvgIpc) is 2.48. The maximum atomic E-state index is 5.45. The molecule has 0 saturated carbocycles. The number of methoxy groups -OCH3 is 1. The summed E-state index contributed by atoms with van der Waals surface area (Å²) in [5, 5.41) is 3.60. The van der Waals surface area contributed by atoms with Crippen LogP contribution in [0.3, 0.4) is 0 Å². The Hall–Kier alpha value is -1.32. The molecule has 1 atom stereocenters. The van der Waals surface area contributed by atoms with Crippen molar-refractivity contribution in [3.63, 3.8) is 0 Å². The van der Waals surface area contributed by atoms with Crippen LogP contribution in [0, 0.1) is 0 Å². The van der Waals surface area contributed by atoms with Crippen LogP contribution in [-0.4, -0.2) is 7.11 Å². The van der Waals surface area contributed by atoms with Gasteiger partial charge in [0.15, 0.2) is 0 Å². The van der Waals surface area contributed by atoms with E-state index in [-0.39, 0.29) is 0 Å². The molecule has 2 aromatic rings. The summed E-state index contributed by atoms with van der Waals surface area (Å²) in [6.07, 6.45) is 1.02. The summed E-state index contributed by atoms with van der Waals surface area (Å²) < 4.78 is 6.56. The lowest BCUT2D eigenvalue weighted by atomic mass is 10.0. The van der Waals surface area contributed by atoms with E-state index in [0.717, 1.165) is 23.2 Å². The van der Waals surface area contributed by atoms with E-state index in [0.29, 0.717) is 6.04 Å². The van der Waals surface area contributed by atoms with Gasteiger partial charge in [0.25, 0.3) is 0 Å². The lowest BCUT2D eigenvalue weighted by Gasteiger charge is -2.20. The van der Waals surface area contributed by atoms with Crippen LogP contribution >= 0.6 is 15.9 Å². The number of ether oxygens (including phenoxy) is 1. The highest BCUT2D eigenvalue weighted by Gasteiger charge is 2.13. The average molecular weight is 334 g/mol. The van der Waals surface area contributed by atoms with Gasteiger partial charge >= 0.3 is 0 Å². The number of halogens is 1. The maximum absolute atomic E-state index is 5.45. The molecule has 0 radical (unpaired) electrons. The number of hydrogen-bond donors (Lipinski definition) is 1. The molecule has 106 valence electrons. The fourth-order valence-electron chi connectivity index (χ4n) is 2.32. The second-order valence-electron chi connectivity index (χ2n) is 4.71. The summed E-state index contributed by atoms with van der Waals surface area (Å²) in [5.41, 5.74) is 2.49. The number of rotatable bonds is 6. The van der Waals surface area contributed by atoms with Crippen molar-refractivity contribution < 1.29 is 4.74 Å². The number of para-hydroxylation sites is 1. The van der Waals surface area contributed by atoms with Crippen molar-refractivity contribution in [1.29, 1.82) is 0 Å². The predicted octanol–water partition coefficient (Wildman–Crippen LogP) is 4.70. The summed E-state index contributed by atoms with van der Waals surface area (Å²) in [6, 6.07) is 16.9. The Balaban J connectivity index is 2.09. The van der Waals surface area contributed by atoms with Gasteiger partial charge in [-0.25, -0.2) is 0 Å². The lowest BCUT2D eigenvalue weighted by molar-refractivity contribution is 0.396. The molecule has 0 spiro atoms. The largest absolute Gasteiger partial charge is 0.496 e. The third-order valence-electron chi connectivity index (χ3n) is 3.36. The SMILES string of the molecule is CCC(NCc1cccc(Br)c1)c1ccccc1OC. The van der Waals surface area contributed by atoms with Crippen LogP contribution in [0.2, 0.25) is 0 Å². The van der Waals surface area contributed by atoms with Crippen molar-refractivity contribution in [3.8, 4) is 5.75 Å². The first kappa shape index (κ1) is 15.1. The van der Waals surface area contributed by atoms with Crippen molar-refractivity contribution in [1.82, 2.24) is 5.32 Å². The van der Waals surface area contributed by atoms with E-state index in [1.807, 2.05) is 18.2 Å². The lowest BCUT2D eigenvalue weighted by Crippen LogP contribution is -2.20. The Kier molecular flexibility index (Phi) is 5.62. The van der Waals surface area contributed by atoms with Crippen LogP contribution in [0.1, 0.15) is 30.5 Å². The Morgan fingerprint density at radius 3 is 2.65 bits per heavy atom. The molecule has 1 N–H and O–H groups in total. The van der Waals surface area contributed by atoms with Gasteiger partial charge < -0.3 is 10.1 Å². The second-order valence-corrected chi connectivity index (χ2v) is 5.63. The zero-order valence-electron chi connectivity index (χ0n) is 11.9.